The number of piperidine rings is 1. The van der Waals surface area contributed by atoms with Crippen LogP contribution in [-0.2, 0) is 11.3 Å². The molecule has 0 bridgehead atoms. The van der Waals surface area contributed by atoms with Crippen molar-refractivity contribution in [3.63, 3.8) is 0 Å². The number of hydrogen-bond donors (Lipinski definition) is 1. The minimum atomic E-state index is -0.0686. The first-order valence-electron chi connectivity index (χ1n) is 9.00. The Morgan fingerprint density at radius 2 is 1.79 bits per heavy atom. The lowest BCUT2D eigenvalue weighted by Crippen LogP contribution is -2.43. The fourth-order valence-electron chi connectivity index (χ4n) is 3.31. The van der Waals surface area contributed by atoms with Crippen molar-refractivity contribution >= 4 is 11.8 Å². The van der Waals surface area contributed by atoms with Crippen molar-refractivity contribution in [2.75, 3.05) is 26.7 Å². The van der Waals surface area contributed by atoms with Crippen molar-refractivity contribution in [1.82, 2.24) is 15.1 Å². The fourth-order valence-corrected chi connectivity index (χ4v) is 3.31. The van der Waals surface area contributed by atoms with Gasteiger partial charge in [-0.15, -0.1) is 0 Å². The number of hydrogen-bond acceptors (Lipinski definition) is 3. The first-order chi connectivity index (χ1) is 11.7. The average molecular weight is 329 g/mol. The van der Waals surface area contributed by atoms with Crippen molar-refractivity contribution < 1.29 is 9.59 Å². The van der Waals surface area contributed by atoms with Gasteiger partial charge in [0, 0.05) is 38.3 Å². The minimum absolute atomic E-state index is 0.0686. The number of nitrogens with one attached hydrogen (secondary N) is 1. The van der Waals surface area contributed by atoms with E-state index in [1.807, 2.05) is 29.2 Å². The number of amides is 2. The van der Waals surface area contributed by atoms with Gasteiger partial charge in [-0.25, -0.2) is 0 Å². The van der Waals surface area contributed by atoms with E-state index < -0.39 is 0 Å². The Bertz CT molecular complexity index is 575. The summed E-state index contributed by atoms with van der Waals surface area (Å²) in [5.41, 5.74) is 1.82. The predicted molar refractivity (Wildman–Crippen MR) is 93.7 cm³/mol. The molecule has 1 heterocycles. The lowest BCUT2D eigenvalue weighted by Gasteiger charge is -2.30. The molecule has 3 rings (SSSR count). The van der Waals surface area contributed by atoms with Gasteiger partial charge in [0.1, 0.15) is 0 Å². The summed E-state index contributed by atoms with van der Waals surface area (Å²) in [6.07, 6.45) is 5.88. The Morgan fingerprint density at radius 1 is 1.12 bits per heavy atom. The van der Waals surface area contributed by atoms with Crippen LogP contribution < -0.4 is 5.32 Å². The van der Waals surface area contributed by atoms with Crippen LogP contribution in [-0.4, -0.2) is 54.3 Å². The molecule has 0 aromatic heterocycles. The van der Waals surface area contributed by atoms with Crippen LogP contribution >= 0.6 is 0 Å². The first kappa shape index (κ1) is 17.0. The predicted octanol–water partition coefficient (Wildman–Crippen LogP) is 2.02. The smallest absolute Gasteiger partial charge is 0.251 e. The third-order valence-electron chi connectivity index (χ3n) is 4.94. The summed E-state index contributed by atoms with van der Waals surface area (Å²) in [5, 5.41) is 2.63. The summed E-state index contributed by atoms with van der Waals surface area (Å²) in [4.78, 5) is 28.5. The summed E-state index contributed by atoms with van der Waals surface area (Å²) in [6, 6.07) is 8.23. The molecule has 1 aromatic rings. The van der Waals surface area contributed by atoms with E-state index in [9.17, 15) is 9.59 Å². The molecular formula is C19H27N3O2. The highest BCUT2D eigenvalue weighted by atomic mass is 16.2. The lowest BCUT2D eigenvalue weighted by atomic mass is 10.1. The van der Waals surface area contributed by atoms with E-state index in [4.69, 9.17) is 0 Å². The van der Waals surface area contributed by atoms with Crippen molar-refractivity contribution in [3.05, 3.63) is 35.4 Å². The summed E-state index contributed by atoms with van der Waals surface area (Å²) in [5.74, 6) is 0.199. The molecular weight excluding hydrogens is 302 g/mol. The lowest BCUT2D eigenvalue weighted by molar-refractivity contribution is -0.133. The number of nitrogens with zero attached hydrogens (tertiary/aromatic N) is 2. The van der Waals surface area contributed by atoms with Gasteiger partial charge in [-0.3, -0.25) is 14.5 Å². The molecule has 0 spiro atoms. The van der Waals surface area contributed by atoms with Gasteiger partial charge in [0.2, 0.25) is 5.91 Å². The van der Waals surface area contributed by atoms with Crippen LogP contribution in [0.25, 0.3) is 0 Å². The quantitative estimate of drug-likeness (QED) is 0.869. The molecule has 0 atom stereocenters. The zero-order chi connectivity index (χ0) is 16.9. The second-order valence-corrected chi connectivity index (χ2v) is 6.85. The van der Waals surface area contributed by atoms with Crippen LogP contribution in [0.1, 0.15) is 48.0 Å². The molecule has 130 valence electrons. The van der Waals surface area contributed by atoms with E-state index >= 15 is 0 Å². The second-order valence-electron chi connectivity index (χ2n) is 6.85. The van der Waals surface area contributed by atoms with Gasteiger partial charge in [-0.2, -0.15) is 0 Å². The Balaban J connectivity index is 1.59. The number of carbonyl (C=O) groups is 2. The third-order valence-corrected chi connectivity index (χ3v) is 4.94. The molecule has 1 saturated heterocycles. The fraction of sp³-hybridized carbons (Fsp3) is 0.579. The maximum Gasteiger partial charge on any atom is 0.251 e. The summed E-state index contributed by atoms with van der Waals surface area (Å²) >= 11 is 0. The van der Waals surface area contributed by atoms with Crippen LogP contribution in [0.2, 0.25) is 0 Å². The van der Waals surface area contributed by atoms with E-state index in [1.54, 1.807) is 7.05 Å². The molecule has 2 aliphatic rings. The third kappa shape index (κ3) is 4.35. The molecule has 1 N–H and O–H groups in total. The maximum absolute atomic E-state index is 12.5. The van der Waals surface area contributed by atoms with Gasteiger partial charge in [-0.05, 0) is 49.8 Å². The Kier molecular flexibility index (Phi) is 5.51. The summed E-state index contributed by atoms with van der Waals surface area (Å²) in [7, 11) is 1.64. The molecule has 2 amide bonds. The van der Waals surface area contributed by atoms with Gasteiger partial charge >= 0.3 is 0 Å². The monoisotopic (exact) mass is 329 g/mol. The molecule has 0 unspecified atom stereocenters. The van der Waals surface area contributed by atoms with E-state index in [0.29, 0.717) is 18.2 Å². The zero-order valence-corrected chi connectivity index (χ0v) is 14.5. The molecule has 1 saturated carbocycles. The van der Waals surface area contributed by atoms with E-state index in [0.717, 1.165) is 38.0 Å². The van der Waals surface area contributed by atoms with Crippen molar-refractivity contribution in [2.24, 2.45) is 0 Å². The highest BCUT2D eigenvalue weighted by Crippen LogP contribution is 2.28. The molecule has 1 aliphatic carbocycles. The Hall–Kier alpha value is -1.88. The summed E-state index contributed by atoms with van der Waals surface area (Å²) < 4.78 is 0. The van der Waals surface area contributed by atoms with E-state index in [2.05, 4.69) is 10.2 Å². The van der Waals surface area contributed by atoms with Gasteiger partial charge in [0.25, 0.3) is 5.91 Å². The zero-order valence-electron chi connectivity index (χ0n) is 14.5. The molecule has 1 aromatic carbocycles. The van der Waals surface area contributed by atoms with Crippen LogP contribution in [0.3, 0.4) is 0 Å². The Labute approximate surface area is 144 Å². The minimum Gasteiger partial charge on any atom is -0.355 e. The molecule has 5 heteroatoms. The highest BCUT2D eigenvalue weighted by Gasteiger charge is 2.31. The van der Waals surface area contributed by atoms with Gasteiger partial charge in [-0.1, -0.05) is 12.1 Å². The normalized spacial score (nSPS) is 17.8. The maximum atomic E-state index is 12.5. The number of rotatable bonds is 6. The highest BCUT2D eigenvalue weighted by molar-refractivity contribution is 5.93. The summed E-state index contributed by atoms with van der Waals surface area (Å²) in [6.45, 7) is 3.12. The van der Waals surface area contributed by atoms with Crippen molar-refractivity contribution in [2.45, 2.75) is 44.7 Å². The number of carbonyl (C=O) groups excluding carboxylic acids is 2. The van der Waals surface area contributed by atoms with Crippen LogP contribution in [0.15, 0.2) is 24.3 Å². The van der Waals surface area contributed by atoms with E-state index in [-0.39, 0.29) is 11.8 Å². The van der Waals surface area contributed by atoms with Crippen molar-refractivity contribution in [1.29, 1.82) is 0 Å². The molecule has 2 fully saturated rings. The topological polar surface area (TPSA) is 52.7 Å². The standard InChI is InChI=1S/C19H27N3O2/c1-20-19(24)16-7-5-15(6-8-16)13-22(17-9-10-17)14-18(23)21-11-3-2-4-12-21/h5-8,17H,2-4,9-14H2,1H3,(H,20,24). The van der Waals surface area contributed by atoms with Crippen molar-refractivity contribution in [3.8, 4) is 0 Å². The van der Waals surface area contributed by atoms with Crippen LogP contribution in [0, 0.1) is 0 Å². The van der Waals surface area contributed by atoms with Gasteiger partial charge in [0.05, 0.1) is 6.54 Å². The van der Waals surface area contributed by atoms with E-state index in [1.165, 1.54) is 19.3 Å². The number of likely N-dealkylation sites (tertiary alicyclic amines) is 1. The average Bonchev–Trinajstić information content (AvgIpc) is 3.47. The SMILES string of the molecule is CNC(=O)c1ccc(CN(CC(=O)N2CCCCC2)C2CC2)cc1. The second kappa shape index (κ2) is 7.79. The molecule has 1 aliphatic heterocycles. The van der Waals surface area contributed by atoms with Gasteiger partial charge in [0.15, 0.2) is 0 Å². The first-order valence-corrected chi connectivity index (χ1v) is 9.00. The number of benzene rings is 1. The Morgan fingerprint density at radius 3 is 2.38 bits per heavy atom. The van der Waals surface area contributed by atoms with Crippen LogP contribution in [0.5, 0.6) is 0 Å². The van der Waals surface area contributed by atoms with Gasteiger partial charge < -0.3 is 10.2 Å². The largest absolute Gasteiger partial charge is 0.355 e. The van der Waals surface area contributed by atoms with Crippen LogP contribution in [0.4, 0.5) is 0 Å². The molecule has 5 nitrogen and oxygen atoms in total. The molecule has 0 radical (unpaired) electrons. The molecule has 24 heavy (non-hydrogen) atoms.